The van der Waals surface area contributed by atoms with Crippen LogP contribution < -0.4 is 10.9 Å². The average molecular weight is 456 g/mol. The van der Waals surface area contributed by atoms with Crippen molar-refractivity contribution in [2.75, 3.05) is 6.54 Å². The van der Waals surface area contributed by atoms with Crippen LogP contribution >= 0.6 is 0 Å². The summed E-state index contributed by atoms with van der Waals surface area (Å²) in [7, 11) is 0. The Morgan fingerprint density at radius 2 is 1.65 bits per heavy atom. The third-order valence-electron chi connectivity index (χ3n) is 7.36. The van der Waals surface area contributed by atoms with E-state index in [0.29, 0.717) is 12.5 Å². The van der Waals surface area contributed by atoms with Gasteiger partial charge in [0.15, 0.2) is 0 Å². The maximum atomic E-state index is 13.6. The molecule has 4 unspecified atom stereocenters. The first-order chi connectivity index (χ1) is 16.4. The molecule has 1 amide bonds. The van der Waals surface area contributed by atoms with Crippen LogP contribution in [0.3, 0.4) is 0 Å². The molecule has 0 radical (unpaired) electrons. The van der Waals surface area contributed by atoms with E-state index in [1.165, 1.54) is 11.1 Å². The molecule has 34 heavy (non-hydrogen) atoms. The second-order valence-electron chi connectivity index (χ2n) is 9.92. The first-order valence-electron chi connectivity index (χ1n) is 12.2. The van der Waals surface area contributed by atoms with Crippen LogP contribution in [0.5, 0.6) is 5.75 Å². The smallest absolute Gasteiger partial charge is 0.242 e. The van der Waals surface area contributed by atoms with Gasteiger partial charge in [-0.15, -0.1) is 0 Å². The Morgan fingerprint density at radius 3 is 2.32 bits per heavy atom. The first kappa shape index (κ1) is 22.6. The molecular weight excluding hydrogens is 422 g/mol. The molecule has 5 heteroatoms. The van der Waals surface area contributed by atoms with Crippen molar-refractivity contribution in [3.8, 4) is 5.75 Å². The molecule has 0 saturated carbocycles. The molecule has 0 bridgehead atoms. The van der Waals surface area contributed by atoms with E-state index in [9.17, 15) is 9.90 Å². The van der Waals surface area contributed by atoms with Gasteiger partial charge in [-0.05, 0) is 47.6 Å². The topological polar surface area (TPSA) is 64.6 Å². The summed E-state index contributed by atoms with van der Waals surface area (Å²) in [5.74, 6) is 0.791. The summed E-state index contributed by atoms with van der Waals surface area (Å²) in [6, 6.07) is 24.2. The lowest BCUT2D eigenvalue weighted by atomic mass is 9.82. The lowest BCUT2D eigenvalue weighted by Gasteiger charge is -2.32. The van der Waals surface area contributed by atoms with E-state index in [1.807, 2.05) is 42.2 Å². The van der Waals surface area contributed by atoms with Crippen molar-refractivity contribution >= 4 is 5.91 Å². The molecule has 5 rings (SSSR count). The van der Waals surface area contributed by atoms with Crippen molar-refractivity contribution in [2.45, 2.75) is 51.2 Å². The number of fused-ring (bicyclic) bond motifs is 1. The summed E-state index contributed by atoms with van der Waals surface area (Å²) < 4.78 is 0. The molecule has 2 aliphatic rings. The van der Waals surface area contributed by atoms with E-state index in [1.54, 1.807) is 6.07 Å². The van der Waals surface area contributed by atoms with Gasteiger partial charge >= 0.3 is 0 Å². The molecular formula is C29H33N3O2. The van der Waals surface area contributed by atoms with Crippen molar-refractivity contribution in [3.63, 3.8) is 0 Å². The second-order valence-corrected chi connectivity index (χ2v) is 9.92. The average Bonchev–Trinajstić information content (AvgIpc) is 3.37. The quantitative estimate of drug-likeness (QED) is 0.500. The number of rotatable bonds is 6. The molecule has 5 nitrogen and oxygen atoms in total. The zero-order valence-corrected chi connectivity index (χ0v) is 20.0. The van der Waals surface area contributed by atoms with Crippen LogP contribution in [0.2, 0.25) is 0 Å². The number of likely N-dealkylation sites (tertiary alicyclic amines) is 1. The molecule has 2 saturated heterocycles. The number of nitrogens with zero attached hydrogens (tertiary/aromatic N) is 1. The Morgan fingerprint density at radius 1 is 0.941 bits per heavy atom. The van der Waals surface area contributed by atoms with Crippen LogP contribution in [0.4, 0.5) is 0 Å². The van der Waals surface area contributed by atoms with Crippen molar-refractivity contribution in [2.24, 2.45) is 5.92 Å². The second kappa shape index (κ2) is 9.24. The van der Waals surface area contributed by atoms with E-state index < -0.39 is 0 Å². The van der Waals surface area contributed by atoms with E-state index >= 15 is 0 Å². The Bertz CT molecular complexity index is 1160. The zero-order valence-electron chi connectivity index (χ0n) is 20.0. The number of hydrazine groups is 1. The SMILES string of the molecule is Cc1ccc(C2NNC3C(=O)N(CCc4ccccc4)C(c4ccc(C(C)C)cc4)C32)c(O)c1. The van der Waals surface area contributed by atoms with Crippen LogP contribution in [0.1, 0.15) is 59.7 Å². The third-order valence-corrected chi connectivity index (χ3v) is 7.36. The van der Waals surface area contributed by atoms with E-state index in [0.717, 1.165) is 23.1 Å². The number of hydrogen-bond donors (Lipinski definition) is 3. The van der Waals surface area contributed by atoms with Gasteiger partial charge in [-0.3, -0.25) is 4.79 Å². The van der Waals surface area contributed by atoms with Gasteiger partial charge in [0.1, 0.15) is 11.8 Å². The molecule has 2 heterocycles. The number of carbonyl (C=O) groups is 1. The predicted molar refractivity (Wildman–Crippen MR) is 134 cm³/mol. The van der Waals surface area contributed by atoms with Crippen molar-refractivity contribution in [3.05, 3.63) is 101 Å². The number of phenols is 1. The third kappa shape index (κ3) is 4.10. The van der Waals surface area contributed by atoms with E-state index in [-0.39, 0.29) is 35.7 Å². The lowest BCUT2D eigenvalue weighted by molar-refractivity contribution is -0.130. The number of hydrogen-bond acceptors (Lipinski definition) is 4. The lowest BCUT2D eigenvalue weighted by Crippen LogP contribution is -2.42. The minimum absolute atomic E-state index is 0.0400. The standard InChI is InChI=1S/C29H33N3O2/c1-18(2)21-10-12-22(13-11-21)28-25-26(23-14-9-19(3)17-24(23)33)30-31-27(25)29(34)32(28)16-15-20-7-5-4-6-8-20/h4-14,17-18,25-28,30-31,33H,15-16H2,1-3H3. The summed E-state index contributed by atoms with van der Waals surface area (Å²) in [4.78, 5) is 15.7. The van der Waals surface area contributed by atoms with Gasteiger partial charge in [0, 0.05) is 18.0 Å². The Kier molecular flexibility index (Phi) is 6.15. The van der Waals surface area contributed by atoms with Gasteiger partial charge < -0.3 is 10.0 Å². The van der Waals surface area contributed by atoms with Crippen LogP contribution in [0, 0.1) is 12.8 Å². The summed E-state index contributed by atoms with van der Waals surface area (Å²) in [6.07, 6.45) is 0.806. The van der Waals surface area contributed by atoms with Crippen LogP contribution in [-0.4, -0.2) is 28.5 Å². The highest BCUT2D eigenvalue weighted by atomic mass is 16.3. The van der Waals surface area contributed by atoms with Crippen LogP contribution in [0.15, 0.2) is 72.8 Å². The number of nitrogens with one attached hydrogen (secondary N) is 2. The molecule has 3 aromatic rings. The van der Waals surface area contributed by atoms with E-state index in [4.69, 9.17) is 0 Å². The van der Waals surface area contributed by atoms with Crippen LogP contribution in [0.25, 0.3) is 0 Å². The molecule has 0 aliphatic carbocycles. The molecule has 176 valence electrons. The summed E-state index contributed by atoms with van der Waals surface area (Å²) in [5.41, 5.74) is 12.1. The summed E-state index contributed by atoms with van der Waals surface area (Å²) >= 11 is 0. The molecule has 2 fully saturated rings. The van der Waals surface area contributed by atoms with Crippen LogP contribution in [-0.2, 0) is 11.2 Å². The molecule has 4 atom stereocenters. The van der Waals surface area contributed by atoms with E-state index in [2.05, 4.69) is 61.1 Å². The van der Waals surface area contributed by atoms with Gasteiger partial charge in [0.2, 0.25) is 5.91 Å². The van der Waals surface area contributed by atoms with Gasteiger partial charge in [-0.1, -0.05) is 80.6 Å². The predicted octanol–water partition coefficient (Wildman–Crippen LogP) is 4.78. The highest BCUT2D eigenvalue weighted by Crippen LogP contribution is 2.48. The first-order valence-corrected chi connectivity index (χ1v) is 12.2. The molecule has 3 aromatic carbocycles. The zero-order chi connectivity index (χ0) is 23.8. The number of aryl methyl sites for hydroxylation is 1. The molecule has 0 aromatic heterocycles. The molecule has 0 spiro atoms. The number of phenolic OH excluding ortho intramolecular Hbond substituents is 1. The van der Waals surface area contributed by atoms with Gasteiger partial charge in [0.05, 0.1) is 12.1 Å². The fourth-order valence-corrected chi connectivity index (χ4v) is 5.50. The summed E-state index contributed by atoms with van der Waals surface area (Å²) in [5, 5.41) is 10.7. The number of benzene rings is 3. The normalized spacial score (nSPS) is 24.1. The maximum Gasteiger partial charge on any atom is 0.242 e. The fourth-order valence-electron chi connectivity index (χ4n) is 5.50. The Hall–Kier alpha value is -3.15. The maximum absolute atomic E-state index is 13.6. The molecule has 2 aliphatic heterocycles. The highest BCUT2D eigenvalue weighted by Gasteiger charge is 2.55. The summed E-state index contributed by atoms with van der Waals surface area (Å²) in [6.45, 7) is 7.01. The number of amides is 1. The number of aromatic hydroxyl groups is 1. The largest absolute Gasteiger partial charge is 0.508 e. The number of carbonyl (C=O) groups excluding carboxylic acids is 1. The van der Waals surface area contributed by atoms with Gasteiger partial charge in [-0.25, -0.2) is 10.9 Å². The minimum atomic E-state index is -0.337. The molecule has 3 N–H and O–H groups in total. The van der Waals surface area contributed by atoms with Gasteiger partial charge in [-0.2, -0.15) is 0 Å². The Labute approximate surface area is 201 Å². The Balaban J connectivity index is 1.52. The minimum Gasteiger partial charge on any atom is -0.508 e. The van der Waals surface area contributed by atoms with Crippen molar-refractivity contribution in [1.29, 1.82) is 0 Å². The monoisotopic (exact) mass is 455 g/mol. The highest BCUT2D eigenvalue weighted by molar-refractivity contribution is 5.86. The fraction of sp³-hybridized carbons (Fsp3) is 0.345. The van der Waals surface area contributed by atoms with Crippen molar-refractivity contribution < 1.29 is 9.90 Å². The van der Waals surface area contributed by atoms with Gasteiger partial charge in [0.25, 0.3) is 0 Å². The van der Waals surface area contributed by atoms with Crippen molar-refractivity contribution in [1.82, 2.24) is 15.8 Å².